The number of benzene rings is 1. The van der Waals surface area contributed by atoms with Crippen LogP contribution in [0.1, 0.15) is 46.6 Å². The van der Waals surface area contributed by atoms with E-state index in [0.717, 1.165) is 15.7 Å². The number of carbonyl (C=O) groups is 1. The van der Waals surface area contributed by atoms with Crippen molar-refractivity contribution in [2.75, 3.05) is 11.9 Å². The second-order valence-electron chi connectivity index (χ2n) is 7.81. The van der Waals surface area contributed by atoms with Crippen molar-refractivity contribution in [2.24, 2.45) is 5.73 Å². The topological polar surface area (TPSA) is 76.4 Å². The van der Waals surface area contributed by atoms with Crippen molar-refractivity contribution < 1.29 is 9.53 Å². The summed E-state index contributed by atoms with van der Waals surface area (Å²) in [5, 5.41) is 6.36. The fraction of sp³-hybridized carbons (Fsp3) is 0.611. The van der Waals surface area contributed by atoms with E-state index in [1.54, 1.807) is 0 Å². The summed E-state index contributed by atoms with van der Waals surface area (Å²) in [6.07, 6.45) is 0.260. The Morgan fingerprint density at radius 1 is 1.25 bits per heavy atom. The molecule has 1 atom stereocenters. The van der Waals surface area contributed by atoms with E-state index in [9.17, 15) is 4.79 Å². The fourth-order valence-corrected chi connectivity index (χ4v) is 3.10. The van der Waals surface area contributed by atoms with Crippen LogP contribution in [0.3, 0.4) is 0 Å². The minimum absolute atomic E-state index is 0.0311. The Bertz CT molecular complexity index is 548. The standard InChI is InChI=1S/C18H30BrN3O2/c1-12-7-13(19)9-14(8-12)21-15(11-20)10-18(5,6)22-16(23)24-17(2,3)4/h7-9,15,21H,10-11,20H2,1-6H3,(H,22,23). The van der Waals surface area contributed by atoms with Gasteiger partial charge in [-0.3, -0.25) is 0 Å². The van der Waals surface area contributed by atoms with E-state index in [-0.39, 0.29) is 6.04 Å². The predicted molar refractivity (Wildman–Crippen MR) is 103 cm³/mol. The number of hydrogen-bond donors (Lipinski definition) is 3. The molecule has 136 valence electrons. The van der Waals surface area contributed by atoms with Gasteiger partial charge in [0.1, 0.15) is 5.60 Å². The van der Waals surface area contributed by atoms with Gasteiger partial charge >= 0.3 is 6.09 Å². The van der Waals surface area contributed by atoms with E-state index in [0.29, 0.717) is 13.0 Å². The van der Waals surface area contributed by atoms with Crippen LogP contribution in [0.2, 0.25) is 0 Å². The summed E-state index contributed by atoms with van der Waals surface area (Å²) in [5.74, 6) is 0. The zero-order valence-corrected chi connectivity index (χ0v) is 17.1. The molecule has 0 fully saturated rings. The molecule has 0 aliphatic carbocycles. The average Bonchev–Trinajstić information content (AvgIpc) is 2.32. The zero-order valence-electron chi connectivity index (χ0n) is 15.5. The van der Waals surface area contributed by atoms with E-state index in [1.165, 1.54) is 0 Å². The summed E-state index contributed by atoms with van der Waals surface area (Å²) in [5.41, 5.74) is 7.13. The number of halogens is 1. The molecule has 0 radical (unpaired) electrons. The van der Waals surface area contributed by atoms with Gasteiger partial charge in [-0.2, -0.15) is 0 Å². The number of nitrogens with two attached hydrogens (primary N) is 1. The van der Waals surface area contributed by atoms with E-state index in [2.05, 4.69) is 38.7 Å². The number of alkyl carbamates (subject to hydrolysis) is 1. The second kappa shape index (κ2) is 8.21. The minimum Gasteiger partial charge on any atom is -0.444 e. The first-order chi connectivity index (χ1) is 10.9. The summed E-state index contributed by atoms with van der Waals surface area (Å²) in [6.45, 7) is 12.0. The number of nitrogens with one attached hydrogen (secondary N) is 2. The molecule has 0 aliphatic heterocycles. The van der Waals surface area contributed by atoms with E-state index in [4.69, 9.17) is 10.5 Å². The largest absolute Gasteiger partial charge is 0.444 e. The molecule has 24 heavy (non-hydrogen) atoms. The normalized spacial score (nSPS) is 13.3. The van der Waals surface area contributed by atoms with Crippen LogP contribution in [-0.4, -0.2) is 29.8 Å². The maximum Gasteiger partial charge on any atom is 0.408 e. The molecule has 0 aliphatic rings. The van der Waals surface area contributed by atoms with Crippen LogP contribution in [0.5, 0.6) is 0 Å². The Hall–Kier alpha value is -1.27. The number of rotatable bonds is 6. The van der Waals surface area contributed by atoms with Crippen molar-refractivity contribution in [1.82, 2.24) is 5.32 Å². The Labute approximate surface area is 153 Å². The second-order valence-corrected chi connectivity index (χ2v) is 8.72. The lowest BCUT2D eigenvalue weighted by atomic mass is 9.95. The first kappa shape index (κ1) is 20.8. The van der Waals surface area contributed by atoms with Gasteiger partial charge in [0, 0.05) is 28.3 Å². The molecule has 1 rings (SSSR count). The molecule has 1 amide bonds. The van der Waals surface area contributed by atoms with Gasteiger partial charge < -0.3 is 21.1 Å². The van der Waals surface area contributed by atoms with Crippen LogP contribution in [0, 0.1) is 6.92 Å². The number of amides is 1. The van der Waals surface area contributed by atoms with Crippen molar-refractivity contribution in [3.8, 4) is 0 Å². The van der Waals surface area contributed by atoms with E-state index in [1.807, 2.05) is 47.6 Å². The van der Waals surface area contributed by atoms with Gasteiger partial charge in [0.15, 0.2) is 0 Å². The molecule has 5 nitrogen and oxygen atoms in total. The number of hydrogen-bond acceptors (Lipinski definition) is 4. The van der Waals surface area contributed by atoms with Gasteiger partial charge in [-0.25, -0.2) is 4.79 Å². The monoisotopic (exact) mass is 399 g/mol. The van der Waals surface area contributed by atoms with Crippen molar-refractivity contribution in [1.29, 1.82) is 0 Å². The SMILES string of the molecule is Cc1cc(Br)cc(NC(CN)CC(C)(C)NC(=O)OC(C)(C)C)c1. The highest BCUT2D eigenvalue weighted by atomic mass is 79.9. The number of ether oxygens (including phenoxy) is 1. The molecule has 0 heterocycles. The highest BCUT2D eigenvalue weighted by Crippen LogP contribution is 2.22. The first-order valence-electron chi connectivity index (χ1n) is 8.15. The molecule has 1 aromatic rings. The zero-order chi connectivity index (χ0) is 18.5. The molecule has 4 N–H and O–H groups in total. The number of anilines is 1. The molecular formula is C18H30BrN3O2. The molecule has 0 saturated heterocycles. The smallest absolute Gasteiger partial charge is 0.408 e. The predicted octanol–water partition coefficient (Wildman–Crippen LogP) is 4.19. The fourth-order valence-electron chi connectivity index (χ4n) is 2.50. The summed E-state index contributed by atoms with van der Waals surface area (Å²) in [7, 11) is 0. The maximum absolute atomic E-state index is 12.0. The molecule has 0 spiro atoms. The van der Waals surface area contributed by atoms with E-state index >= 15 is 0 Å². The van der Waals surface area contributed by atoms with Gasteiger partial charge in [-0.05, 0) is 71.7 Å². The number of aryl methyl sites for hydroxylation is 1. The van der Waals surface area contributed by atoms with Gasteiger partial charge in [0.05, 0.1) is 0 Å². The summed E-state index contributed by atoms with van der Waals surface area (Å²) in [6, 6.07) is 6.17. The van der Waals surface area contributed by atoms with Crippen LogP contribution in [0.4, 0.5) is 10.5 Å². The molecular weight excluding hydrogens is 370 g/mol. The number of carbonyl (C=O) groups excluding carboxylic acids is 1. The molecule has 0 aromatic heterocycles. The first-order valence-corrected chi connectivity index (χ1v) is 8.94. The lowest BCUT2D eigenvalue weighted by Crippen LogP contribution is -2.49. The van der Waals surface area contributed by atoms with Crippen molar-refractivity contribution in [3.63, 3.8) is 0 Å². The Kier molecular flexibility index (Phi) is 7.10. The van der Waals surface area contributed by atoms with Crippen molar-refractivity contribution >= 4 is 27.7 Å². The van der Waals surface area contributed by atoms with Crippen LogP contribution in [0.15, 0.2) is 22.7 Å². The third kappa shape index (κ3) is 8.02. The quantitative estimate of drug-likeness (QED) is 0.669. The average molecular weight is 400 g/mol. The summed E-state index contributed by atoms with van der Waals surface area (Å²) < 4.78 is 6.35. The Balaban J connectivity index is 2.70. The van der Waals surface area contributed by atoms with Crippen molar-refractivity contribution in [2.45, 2.75) is 65.1 Å². The van der Waals surface area contributed by atoms with Crippen LogP contribution in [-0.2, 0) is 4.74 Å². The Morgan fingerprint density at radius 2 is 1.88 bits per heavy atom. The van der Waals surface area contributed by atoms with E-state index < -0.39 is 17.2 Å². The molecule has 1 unspecified atom stereocenters. The summed E-state index contributed by atoms with van der Waals surface area (Å²) >= 11 is 3.50. The molecule has 1 aromatic carbocycles. The lowest BCUT2D eigenvalue weighted by Gasteiger charge is -2.32. The van der Waals surface area contributed by atoms with Gasteiger partial charge in [0.2, 0.25) is 0 Å². The third-order valence-electron chi connectivity index (χ3n) is 3.29. The van der Waals surface area contributed by atoms with Crippen LogP contribution < -0.4 is 16.4 Å². The molecule has 6 heteroatoms. The lowest BCUT2D eigenvalue weighted by molar-refractivity contribution is 0.0466. The highest BCUT2D eigenvalue weighted by molar-refractivity contribution is 9.10. The van der Waals surface area contributed by atoms with Crippen molar-refractivity contribution in [3.05, 3.63) is 28.2 Å². The molecule has 0 saturated carbocycles. The maximum atomic E-state index is 12.0. The summed E-state index contributed by atoms with van der Waals surface area (Å²) in [4.78, 5) is 12.0. The Morgan fingerprint density at radius 3 is 2.38 bits per heavy atom. The van der Waals surface area contributed by atoms with Gasteiger partial charge in [-0.15, -0.1) is 0 Å². The van der Waals surface area contributed by atoms with Gasteiger partial charge in [-0.1, -0.05) is 15.9 Å². The van der Waals surface area contributed by atoms with Crippen LogP contribution in [0.25, 0.3) is 0 Å². The van der Waals surface area contributed by atoms with Gasteiger partial charge in [0.25, 0.3) is 0 Å². The highest BCUT2D eigenvalue weighted by Gasteiger charge is 2.27. The molecule has 0 bridgehead atoms. The third-order valence-corrected chi connectivity index (χ3v) is 3.75. The minimum atomic E-state index is -0.514. The van der Waals surface area contributed by atoms with Crippen LogP contribution >= 0.6 is 15.9 Å².